The molecule has 7 nitrogen and oxygen atoms in total. The summed E-state index contributed by atoms with van der Waals surface area (Å²) in [5.41, 5.74) is 3.76. The van der Waals surface area contributed by atoms with Crippen molar-refractivity contribution in [2.24, 2.45) is 5.41 Å². The van der Waals surface area contributed by atoms with E-state index in [1.54, 1.807) is 24.9 Å². The van der Waals surface area contributed by atoms with Crippen molar-refractivity contribution in [2.75, 3.05) is 26.4 Å². The average molecular weight is 413 g/mol. The number of pyridine rings is 1. The fourth-order valence-electron chi connectivity index (χ4n) is 3.45. The van der Waals surface area contributed by atoms with Crippen LogP contribution in [0.25, 0.3) is 11.0 Å². The predicted octanol–water partition coefficient (Wildman–Crippen LogP) is 3.67. The first kappa shape index (κ1) is 18.9. The molecule has 0 atom stereocenters. The number of aromatic nitrogens is 3. The van der Waals surface area contributed by atoms with Crippen LogP contribution in [0.2, 0.25) is 0 Å². The lowest BCUT2D eigenvalue weighted by molar-refractivity contribution is -0.461. The van der Waals surface area contributed by atoms with Crippen molar-refractivity contribution in [1.29, 1.82) is 0 Å². The molecule has 1 N–H and O–H groups in total. The zero-order chi connectivity index (χ0) is 19.9. The predicted molar refractivity (Wildman–Crippen MR) is 109 cm³/mol. The summed E-state index contributed by atoms with van der Waals surface area (Å²) >= 11 is 1.63. The number of nitrogens with one attached hydrogen (secondary N) is 1. The van der Waals surface area contributed by atoms with E-state index in [9.17, 15) is 0 Å². The normalized spacial score (nSPS) is 26.1. The summed E-state index contributed by atoms with van der Waals surface area (Å²) in [7, 11) is 0. The molecule has 8 heteroatoms. The summed E-state index contributed by atoms with van der Waals surface area (Å²) in [5, 5.41) is 0.886. The molecule has 152 valence electrons. The highest BCUT2D eigenvalue weighted by Gasteiger charge is 2.50. The number of aromatic amines is 1. The molecule has 2 aromatic heterocycles. The Labute approximate surface area is 173 Å². The van der Waals surface area contributed by atoms with Crippen molar-refractivity contribution in [3.8, 4) is 5.75 Å². The number of imidazole rings is 1. The maximum Gasteiger partial charge on any atom is 0.279 e. The standard InChI is InChI=1S/C21H23N3O4S/c1-14-17(9-29-19-23-15-5-3-4-6-16(15)24-19)22-8-7-18(14)25-10-21-11-26-20(2,27-12-21)28-13-21/h3-8H,9-13H2,1-2H3,(H,23,24). The summed E-state index contributed by atoms with van der Waals surface area (Å²) in [5.74, 6) is 0.644. The SMILES string of the molecule is Cc1c(OCC23COC(C)(OC2)OC3)ccnc1CSc1nc2ccccc2[nH]1. The average Bonchev–Trinajstić information content (AvgIpc) is 3.16. The number of benzene rings is 1. The number of nitrogens with zero attached hydrogens (tertiary/aromatic N) is 2. The van der Waals surface area contributed by atoms with E-state index in [1.807, 2.05) is 37.3 Å². The van der Waals surface area contributed by atoms with Gasteiger partial charge in [-0.25, -0.2) is 4.98 Å². The maximum atomic E-state index is 6.16. The van der Waals surface area contributed by atoms with Crippen LogP contribution in [0.5, 0.6) is 5.75 Å². The van der Waals surface area contributed by atoms with Gasteiger partial charge in [0.2, 0.25) is 0 Å². The molecule has 1 aromatic carbocycles. The van der Waals surface area contributed by atoms with E-state index in [0.717, 1.165) is 33.2 Å². The number of para-hydroxylation sites is 2. The number of H-pyrrole nitrogens is 1. The van der Waals surface area contributed by atoms with Gasteiger partial charge in [0, 0.05) is 24.4 Å². The van der Waals surface area contributed by atoms with Gasteiger partial charge in [-0.2, -0.15) is 0 Å². The van der Waals surface area contributed by atoms with Gasteiger partial charge in [0.1, 0.15) is 12.4 Å². The lowest BCUT2D eigenvalue weighted by atomic mass is 9.90. The van der Waals surface area contributed by atoms with Crippen LogP contribution in [0.15, 0.2) is 41.7 Å². The van der Waals surface area contributed by atoms with Crippen LogP contribution >= 0.6 is 11.8 Å². The molecule has 3 fully saturated rings. The summed E-state index contributed by atoms with van der Waals surface area (Å²) < 4.78 is 23.2. The molecule has 0 aliphatic carbocycles. The highest BCUT2D eigenvalue weighted by Crippen LogP contribution is 2.38. The van der Waals surface area contributed by atoms with Crippen LogP contribution < -0.4 is 4.74 Å². The molecule has 0 amide bonds. The Morgan fingerprint density at radius 3 is 2.66 bits per heavy atom. The second-order valence-corrected chi connectivity index (χ2v) is 8.71. The van der Waals surface area contributed by atoms with Crippen LogP contribution in [0.3, 0.4) is 0 Å². The van der Waals surface area contributed by atoms with Crippen LogP contribution in [0.1, 0.15) is 18.2 Å². The summed E-state index contributed by atoms with van der Waals surface area (Å²) in [6, 6.07) is 9.92. The number of ether oxygens (including phenoxy) is 4. The number of hydrogen-bond donors (Lipinski definition) is 1. The minimum absolute atomic E-state index is 0.267. The Hall–Kier alpha value is -2.13. The fraction of sp³-hybridized carbons (Fsp3) is 0.429. The number of hydrogen-bond acceptors (Lipinski definition) is 7. The summed E-state index contributed by atoms with van der Waals surface area (Å²) in [6.45, 7) is 6.03. The van der Waals surface area contributed by atoms with Crippen molar-refractivity contribution in [1.82, 2.24) is 15.0 Å². The van der Waals surface area contributed by atoms with Gasteiger partial charge in [-0.05, 0) is 25.1 Å². The van der Waals surface area contributed by atoms with E-state index < -0.39 is 5.97 Å². The molecule has 3 aliphatic rings. The molecule has 0 radical (unpaired) electrons. The van der Waals surface area contributed by atoms with Gasteiger partial charge in [0.25, 0.3) is 5.97 Å². The van der Waals surface area contributed by atoms with Crippen molar-refractivity contribution in [3.05, 3.63) is 47.8 Å². The van der Waals surface area contributed by atoms with E-state index in [1.165, 1.54) is 0 Å². The minimum atomic E-state index is -0.893. The Morgan fingerprint density at radius 1 is 1.14 bits per heavy atom. The Kier molecular flexibility index (Phi) is 4.74. The first-order valence-corrected chi connectivity index (χ1v) is 10.6. The van der Waals surface area contributed by atoms with E-state index in [0.29, 0.717) is 32.2 Å². The molecule has 0 saturated carbocycles. The minimum Gasteiger partial charge on any atom is -0.492 e. The summed E-state index contributed by atoms with van der Waals surface area (Å²) in [6.07, 6.45) is 1.79. The Balaban J connectivity index is 1.25. The number of fused-ring (bicyclic) bond motifs is 4. The monoisotopic (exact) mass is 413 g/mol. The van der Waals surface area contributed by atoms with Gasteiger partial charge >= 0.3 is 0 Å². The third-order valence-corrected chi connectivity index (χ3v) is 6.31. The number of rotatable bonds is 6. The van der Waals surface area contributed by atoms with Gasteiger partial charge in [-0.1, -0.05) is 23.9 Å². The second kappa shape index (κ2) is 7.28. The van der Waals surface area contributed by atoms with E-state index in [-0.39, 0.29) is 5.41 Å². The molecular formula is C21H23N3O4S. The molecule has 3 aliphatic heterocycles. The van der Waals surface area contributed by atoms with Gasteiger partial charge < -0.3 is 23.9 Å². The molecule has 3 aromatic rings. The number of thioether (sulfide) groups is 1. The van der Waals surface area contributed by atoms with Crippen molar-refractivity contribution >= 4 is 22.8 Å². The molecular weight excluding hydrogens is 390 g/mol. The smallest absolute Gasteiger partial charge is 0.279 e. The molecule has 0 unspecified atom stereocenters. The van der Waals surface area contributed by atoms with Gasteiger partial charge in [-0.15, -0.1) is 0 Å². The molecule has 6 rings (SSSR count). The van der Waals surface area contributed by atoms with Gasteiger partial charge in [-0.3, -0.25) is 4.98 Å². The molecule has 2 bridgehead atoms. The highest BCUT2D eigenvalue weighted by atomic mass is 32.2. The van der Waals surface area contributed by atoms with Gasteiger partial charge in [0.05, 0.1) is 42.0 Å². The van der Waals surface area contributed by atoms with E-state index in [2.05, 4.69) is 15.0 Å². The third kappa shape index (κ3) is 3.73. The van der Waals surface area contributed by atoms with E-state index >= 15 is 0 Å². The highest BCUT2D eigenvalue weighted by molar-refractivity contribution is 7.98. The van der Waals surface area contributed by atoms with Crippen molar-refractivity contribution in [2.45, 2.75) is 30.7 Å². The molecule has 29 heavy (non-hydrogen) atoms. The van der Waals surface area contributed by atoms with Crippen LogP contribution in [-0.2, 0) is 20.0 Å². The second-order valence-electron chi connectivity index (χ2n) is 7.75. The van der Waals surface area contributed by atoms with Crippen molar-refractivity contribution in [3.63, 3.8) is 0 Å². The molecule has 3 saturated heterocycles. The Bertz CT molecular complexity index is 980. The lowest BCUT2D eigenvalue weighted by Gasteiger charge is -2.50. The zero-order valence-corrected chi connectivity index (χ0v) is 17.3. The van der Waals surface area contributed by atoms with Crippen LogP contribution in [0.4, 0.5) is 0 Å². The van der Waals surface area contributed by atoms with Crippen LogP contribution in [0, 0.1) is 12.3 Å². The van der Waals surface area contributed by atoms with E-state index in [4.69, 9.17) is 18.9 Å². The first-order valence-electron chi connectivity index (χ1n) is 9.61. The zero-order valence-electron chi connectivity index (χ0n) is 16.4. The molecule has 0 spiro atoms. The quantitative estimate of drug-likeness (QED) is 0.618. The lowest BCUT2D eigenvalue weighted by Crippen LogP contribution is -2.60. The maximum absolute atomic E-state index is 6.16. The molecule has 5 heterocycles. The van der Waals surface area contributed by atoms with Gasteiger partial charge in [0.15, 0.2) is 5.16 Å². The first-order chi connectivity index (χ1) is 14.0. The third-order valence-electron chi connectivity index (χ3n) is 5.43. The largest absolute Gasteiger partial charge is 0.492 e. The fourth-order valence-corrected chi connectivity index (χ4v) is 4.36. The summed E-state index contributed by atoms with van der Waals surface area (Å²) in [4.78, 5) is 12.5. The topological polar surface area (TPSA) is 78.5 Å². The Morgan fingerprint density at radius 2 is 1.90 bits per heavy atom. The van der Waals surface area contributed by atoms with Crippen molar-refractivity contribution < 1.29 is 18.9 Å². The van der Waals surface area contributed by atoms with Crippen LogP contribution in [-0.4, -0.2) is 47.4 Å².